The van der Waals surface area contributed by atoms with Crippen molar-refractivity contribution in [3.63, 3.8) is 0 Å². The highest BCUT2D eigenvalue weighted by molar-refractivity contribution is 5.94. The highest BCUT2D eigenvalue weighted by atomic mass is 16.5. The van der Waals surface area contributed by atoms with Crippen molar-refractivity contribution in [3.8, 4) is 11.6 Å². The smallest absolute Gasteiger partial charge is 0.253 e. The molecule has 25 heavy (non-hydrogen) atoms. The van der Waals surface area contributed by atoms with E-state index in [1.54, 1.807) is 12.4 Å². The van der Waals surface area contributed by atoms with Gasteiger partial charge < -0.3 is 14.4 Å². The largest absolute Gasteiger partial charge is 0.342 e. The fourth-order valence-electron chi connectivity index (χ4n) is 3.13. The quantitative estimate of drug-likeness (QED) is 0.794. The van der Waals surface area contributed by atoms with Crippen molar-refractivity contribution in [1.29, 1.82) is 0 Å². The van der Waals surface area contributed by atoms with Gasteiger partial charge in [-0.05, 0) is 31.9 Å². The first-order valence-electron chi connectivity index (χ1n) is 8.40. The lowest BCUT2D eigenvalue weighted by Gasteiger charge is -2.31. The van der Waals surface area contributed by atoms with Crippen molar-refractivity contribution in [2.75, 3.05) is 13.1 Å². The number of nitrogens with zero attached hydrogens (tertiary/aromatic N) is 4. The van der Waals surface area contributed by atoms with E-state index in [1.165, 1.54) is 0 Å². The minimum Gasteiger partial charge on any atom is -0.342 e. The Bertz CT molecular complexity index is 854. The number of aryl methyl sites for hydroxylation is 1. The van der Waals surface area contributed by atoms with Crippen LogP contribution in [0.15, 0.2) is 41.2 Å². The number of H-pyrrole nitrogens is 1. The van der Waals surface area contributed by atoms with Crippen molar-refractivity contribution < 1.29 is 9.32 Å². The molecular formula is C18H19N5O2. The lowest BCUT2D eigenvalue weighted by atomic mass is 9.97. The van der Waals surface area contributed by atoms with Gasteiger partial charge in [-0.2, -0.15) is 4.98 Å². The normalized spacial score (nSPS) is 17.6. The Morgan fingerprint density at radius 3 is 2.92 bits per heavy atom. The fraction of sp³-hybridized carbons (Fsp3) is 0.333. The van der Waals surface area contributed by atoms with Crippen LogP contribution in [0.25, 0.3) is 11.6 Å². The highest BCUT2D eigenvalue weighted by Gasteiger charge is 2.29. The molecule has 1 aliphatic heterocycles. The van der Waals surface area contributed by atoms with E-state index in [2.05, 4.69) is 20.1 Å². The third-order valence-corrected chi connectivity index (χ3v) is 4.51. The zero-order valence-corrected chi connectivity index (χ0v) is 14.0. The Kier molecular flexibility index (Phi) is 4.05. The summed E-state index contributed by atoms with van der Waals surface area (Å²) in [5, 5.41) is 3.99. The summed E-state index contributed by atoms with van der Waals surface area (Å²) in [6.45, 7) is 3.35. The lowest BCUT2D eigenvalue weighted by Crippen LogP contribution is -2.39. The maximum absolute atomic E-state index is 12.7. The van der Waals surface area contributed by atoms with Crippen LogP contribution >= 0.6 is 0 Å². The molecule has 3 heterocycles. The number of carbonyl (C=O) groups excluding carboxylic acids is 1. The highest BCUT2D eigenvalue weighted by Crippen LogP contribution is 2.27. The number of aromatic nitrogens is 4. The molecule has 1 aliphatic rings. The van der Waals surface area contributed by atoms with Gasteiger partial charge in [0.25, 0.3) is 5.91 Å². The first-order chi connectivity index (χ1) is 12.2. The number of benzene rings is 1. The van der Waals surface area contributed by atoms with Crippen LogP contribution in [0, 0.1) is 6.92 Å². The zero-order valence-electron chi connectivity index (χ0n) is 14.0. The summed E-state index contributed by atoms with van der Waals surface area (Å²) < 4.78 is 5.42. The molecule has 1 N–H and O–H groups in total. The van der Waals surface area contributed by atoms with Crippen LogP contribution < -0.4 is 0 Å². The number of amides is 1. The summed E-state index contributed by atoms with van der Waals surface area (Å²) in [7, 11) is 0. The summed E-state index contributed by atoms with van der Waals surface area (Å²) in [6, 6.07) is 7.68. The second-order valence-electron chi connectivity index (χ2n) is 6.35. The molecular weight excluding hydrogens is 318 g/mol. The number of hydrogen-bond donors (Lipinski definition) is 1. The van der Waals surface area contributed by atoms with E-state index in [9.17, 15) is 4.79 Å². The fourth-order valence-corrected chi connectivity index (χ4v) is 3.13. The molecule has 1 fully saturated rings. The van der Waals surface area contributed by atoms with Gasteiger partial charge in [0.2, 0.25) is 11.7 Å². The summed E-state index contributed by atoms with van der Waals surface area (Å²) in [6.07, 6.45) is 5.21. The number of piperidine rings is 1. The maximum atomic E-state index is 12.7. The predicted octanol–water partition coefficient (Wildman–Crippen LogP) is 2.79. The number of rotatable bonds is 3. The van der Waals surface area contributed by atoms with Crippen molar-refractivity contribution in [2.45, 2.75) is 25.7 Å². The van der Waals surface area contributed by atoms with Crippen LogP contribution in [0.4, 0.5) is 0 Å². The Morgan fingerprint density at radius 2 is 2.16 bits per heavy atom. The van der Waals surface area contributed by atoms with Crippen molar-refractivity contribution >= 4 is 5.91 Å². The van der Waals surface area contributed by atoms with E-state index < -0.39 is 0 Å². The van der Waals surface area contributed by atoms with Crippen LogP contribution in [-0.4, -0.2) is 44.0 Å². The summed E-state index contributed by atoms with van der Waals surface area (Å²) in [5.41, 5.74) is 1.86. The molecule has 1 atom stereocenters. The number of likely N-dealkylation sites (tertiary alicyclic amines) is 1. The van der Waals surface area contributed by atoms with E-state index in [4.69, 9.17) is 4.52 Å². The maximum Gasteiger partial charge on any atom is 0.253 e. The Morgan fingerprint density at radius 1 is 1.32 bits per heavy atom. The first-order valence-corrected chi connectivity index (χ1v) is 8.40. The molecule has 0 aliphatic carbocycles. The average molecular weight is 337 g/mol. The molecule has 4 rings (SSSR count). The zero-order chi connectivity index (χ0) is 17.2. The third kappa shape index (κ3) is 3.17. The SMILES string of the molecule is Cc1ccc(C(=O)N2CCCC(c3nc(-c4ncc[nH]4)no3)C2)cc1. The third-order valence-electron chi connectivity index (χ3n) is 4.51. The van der Waals surface area contributed by atoms with Gasteiger partial charge >= 0.3 is 0 Å². The molecule has 1 aromatic carbocycles. The number of imidazole rings is 1. The number of aromatic amines is 1. The molecule has 0 bridgehead atoms. The molecule has 3 aromatic rings. The summed E-state index contributed by atoms with van der Waals surface area (Å²) in [5.74, 6) is 1.70. The minimum absolute atomic E-state index is 0.0514. The molecule has 0 spiro atoms. The summed E-state index contributed by atoms with van der Waals surface area (Å²) >= 11 is 0. The van der Waals surface area contributed by atoms with Gasteiger partial charge in [-0.1, -0.05) is 22.9 Å². The van der Waals surface area contributed by atoms with Crippen molar-refractivity contribution in [1.82, 2.24) is 25.0 Å². The van der Waals surface area contributed by atoms with Crippen LogP contribution in [0.1, 0.15) is 40.6 Å². The van der Waals surface area contributed by atoms with E-state index in [0.717, 1.165) is 24.9 Å². The minimum atomic E-state index is 0.0514. The van der Waals surface area contributed by atoms with Gasteiger partial charge in [0, 0.05) is 31.0 Å². The Labute approximate surface area is 145 Å². The number of carbonyl (C=O) groups is 1. The van der Waals surface area contributed by atoms with Crippen LogP contribution in [0.3, 0.4) is 0 Å². The van der Waals surface area contributed by atoms with E-state index in [-0.39, 0.29) is 11.8 Å². The molecule has 1 unspecified atom stereocenters. The molecule has 2 aromatic heterocycles. The second kappa shape index (κ2) is 6.51. The number of nitrogens with one attached hydrogen (secondary N) is 1. The molecule has 0 radical (unpaired) electrons. The predicted molar refractivity (Wildman–Crippen MR) is 90.9 cm³/mol. The van der Waals surface area contributed by atoms with E-state index in [0.29, 0.717) is 29.6 Å². The number of hydrogen-bond acceptors (Lipinski definition) is 5. The lowest BCUT2D eigenvalue weighted by molar-refractivity contribution is 0.0695. The van der Waals surface area contributed by atoms with Gasteiger partial charge in [0.05, 0.1) is 5.92 Å². The molecule has 7 heteroatoms. The topological polar surface area (TPSA) is 87.9 Å². The van der Waals surface area contributed by atoms with Gasteiger partial charge in [-0.25, -0.2) is 4.98 Å². The van der Waals surface area contributed by atoms with Gasteiger partial charge in [0.1, 0.15) is 0 Å². The Balaban J connectivity index is 1.49. The Hall–Kier alpha value is -2.96. The van der Waals surface area contributed by atoms with Gasteiger partial charge in [-0.3, -0.25) is 4.79 Å². The molecule has 7 nitrogen and oxygen atoms in total. The molecule has 128 valence electrons. The monoisotopic (exact) mass is 337 g/mol. The van der Waals surface area contributed by atoms with Crippen LogP contribution in [-0.2, 0) is 0 Å². The van der Waals surface area contributed by atoms with Gasteiger partial charge in [-0.15, -0.1) is 0 Å². The average Bonchev–Trinajstić information content (AvgIpc) is 3.33. The molecule has 1 amide bonds. The van der Waals surface area contributed by atoms with Crippen LogP contribution in [0.5, 0.6) is 0 Å². The van der Waals surface area contributed by atoms with Gasteiger partial charge in [0.15, 0.2) is 5.82 Å². The van der Waals surface area contributed by atoms with E-state index in [1.807, 2.05) is 36.1 Å². The van der Waals surface area contributed by atoms with Crippen molar-refractivity contribution in [2.24, 2.45) is 0 Å². The summed E-state index contributed by atoms with van der Waals surface area (Å²) in [4.78, 5) is 26.1. The van der Waals surface area contributed by atoms with Crippen molar-refractivity contribution in [3.05, 3.63) is 53.7 Å². The van der Waals surface area contributed by atoms with Crippen LogP contribution in [0.2, 0.25) is 0 Å². The standard InChI is InChI=1S/C18H19N5O2/c1-12-4-6-13(7-5-12)18(24)23-10-2-3-14(11-23)17-21-16(22-25-17)15-19-8-9-20-15/h4-9,14H,2-3,10-11H2,1H3,(H,19,20). The molecule has 0 saturated carbocycles. The van der Waals surface area contributed by atoms with E-state index >= 15 is 0 Å². The molecule has 1 saturated heterocycles. The first kappa shape index (κ1) is 15.6. The second-order valence-corrected chi connectivity index (χ2v) is 6.35.